The molecular weight excluding hydrogens is 361 g/mol. The molecule has 6 heteroatoms. The molecule has 28 heavy (non-hydrogen) atoms. The molecule has 2 aliphatic heterocycles. The van der Waals surface area contributed by atoms with Crippen molar-refractivity contribution in [3.63, 3.8) is 0 Å². The smallest absolute Gasteiger partial charge is 0.411 e. The van der Waals surface area contributed by atoms with E-state index in [1.807, 2.05) is 36.4 Å². The van der Waals surface area contributed by atoms with Crippen molar-refractivity contribution in [1.82, 2.24) is 4.90 Å². The van der Waals surface area contributed by atoms with Crippen LogP contribution in [0.2, 0.25) is 0 Å². The summed E-state index contributed by atoms with van der Waals surface area (Å²) >= 11 is 0. The number of benzene rings is 2. The molecule has 0 radical (unpaired) electrons. The molecule has 2 atom stereocenters. The number of morpholine rings is 1. The lowest BCUT2D eigenvalue weighted by Crippen LogP contribution is -2.56. The summed E-state index contributed by atoms with van der Waals surface area (Å²) in [5.41, 5.74) is 2.82. The van der Waals surface area contributed by atoms with Gasteiger partial charge in [-0.15, -0.1) is 0 Å². The van der Waals surface area contributed by atoms with Gasteiger partial charge in [-0.2, -0.15) is 0 Å². The van der Waals surface area contributed by atoms with Crippen LogP contribution in [0.15, 0.2) is 54.6 Å². The third-order valence-electron chi connectivity index (χ3n) is 5.12. The Morgan fingerprint density at radius 2 is 2.04 bits per heavy atom. The zero-order valence-electron chi connectivity index (χ0n) is 15.6. The summed E-state index contributed by atoms with van der Waals surface area (Å²) in [6.45, 7) is 1.08. The predicted octanol–water partition coefficient (Wildman–Crippen LogP) is 4.03. The standard InChI is InChI=1S/C22H22FNO4/c1-26-21-11-17(23)7-8-20(21)16-9-18-13-27-14-19(10-16)24(18)22(25)28-12-15-5-3-2-4-6-15/h2-9,11,18-19H,10,12-14H2,1H3. The van der Waals surface area contributed by atoms with Crippen molar-refractivity contribution < 1.29 is 23.4 Å². The van der Waals surface area contributed by atoms with E-state index in [9.17, 15) is 9.18 Å². The molecule has 1 saturated heterocycles. The van der Waals surface area contributed by atoms with Crippen molar-refractivity contribution >= 4 is 11.7 Å². The molecule has 0 saturated carbocycles. The summed E-state index contributed by atoms with van der Waals surface area (Å²) in [4.78, 5) is 14.5. The molecular formula is C22H22FNO4. The number of nitrogens with zero attached hydrogens (tertiary/aromatic N) is 1. The molecule has 2 aliphatic rings. The van der Waals surface area contributed by atoms with Crippen LogP contribution in [0.1, 0.15) is 17.5 Å². The Bertz CT molecular complexity index is 883. The van der Waals surface area contributed by atoms with Crippen molar-refractivity contribution in [3.8, 4) is 5.75 Å². The molecule has 2 aromatic carbocycles. The molecule has 4 rings (SSSR count). The van der Waals surface area contributed by atoms with Gasteiger partial charge in [0.1, 0.15) is 18.2 Å². The van der Waals surface area contributed by atoms with E-state index in [-0.39, 0.29) is 30.6 Å². The molecule has 0 spiro atoms. The molecule has 146 valence electrons. The van der Waals surface area contributed by atoms with E-state index in [1.165, 1.54) is 19.2 Å². The average molecular weight is 383 g/mol. The minimum atomic E-state index is -0.344. The van der Waals surface area contributed by atoms with Gasteiger partial charge < -0.3 is 14.2 Å². The zero-order chi connectivity index (χ0) is 19.5. The van der Waals surface area contributed by atoms with Crippen molar-refractivity contribution in [2.45, 2.75) is 25.1 Å². The topological polar surface area (TPSA) is 48.0 Å². The predicted molar refractivity (Wildman–Crippen MR) is 102 cm³/mol. The fraction of sp³-hybridized carbons (Fsp3) is 0.318. The van der Waals surface area contributed by atoms with E-state index < -0.39 is 0 Å². The SMILES string of the molecule is COc1cc(F)ccc1C1=CC2COCC(C1)N2C(=O)OCc1ccccc1. The summed E-state index contributed by atoms with van der Waals surface area (Å²) in [6.07, 6.45) is 2.25. The Morgan fingerprint density at radius 1 is 1.21 bits per heavy atom. The van der Waals surface area contributed by atoms with Crippen molar-refractivity contribution in [1.29, 1.82) is 0 Å². The van der Waals surface area contributed by atoms with Gasteiger partial charge in [0, 0.05) is 11.6 Å². The molecule has 0 N–H and O–H groups in total. The van der Waals surface area contributed by atoms with Crippen LogP contribution in [0.25, 0.3) is 5.57 Å². The molecule has 0 aliphatic carbocycles. The van der Waals surface area contributed by atoms with E-state index in [0.717, 1.165) is 16.7 Å². The number of halogens is 1. The van der Waals surface area contributed by atoms with Gasteiger partial charge in [-0.3, -0.25) is 4.90 Å². The van der Waals surface area contributed by atoms with Crippen LogP contribution in [0.5, 0.6) is 5.75 Å². The lowest BCUT2D eigenvalue weighted by molar-refractivity contribution is -0.0342. The second-order valence-corrected chi connectivity index (χ2v) is 6.95. The highest BCUT2D eigenvalue weighted by molar-refractivity contribution is 5.76. The van der Waals surface area contributed by atoms with Gasteiger partial charge >= 0.3 is 6.09 Å². The minimum Gasteiger partial charge on any atom is -0.496 e. The lowest BCUT2D eigenvalue weighted by Gasteiger charge is -2.43. The molecule has 5 nitrogen and oxygen atoms in total. The highest BCUT2D eigenvalue weighted by Gasteiger charge is 2.39. The second-order valence-electron chi connectivity index (χ2n) is 6.95. The molecule has 1 amide bonds. The van der Waals surface area contributed by atoms with Gasteiger partial charge in [-0.1, -0.05) is 36.4 Å². The van der Waals surface area contributed by atoms with E-state index in [2.05, 4.69) is 0 Å². The number of fused-ring (bicyclic) bond motifs is 2. The number of rotatable bonds is 4. The molecule has 2 aromatic rings. The fourth-order valence-electron chi connectivity index (χ4n) is 3.80. The first-order valence-electron chi connectivity index (χ1n) is 9.27. The summed E-state index contributed by atoms with van der Waals surface area (Å²) in [7, 11) is 1.53. The van der Waals surface area contributed by atoms with Crippen molar-refractivity contribution in [2.24, 2.45) is 0 Å². The van der Waals surface area contributed by atoms with E-state index in [1.54, 1.807) is 11.0 Å². The normalized spacial score (nSPS) is 21.1. The Labute approximate surface area is 163 Å². The number of amides is 1. The van der Waals surface area contributed by atoms with E-state index in [4.69, 9.17) is 14.2 Å². The summed E-state index contributed by atoms with van der Waals surface area (Å²) < 4.78 is 30.1. The van der Waals surface area contributed by atoms with Gasteiger partial charge in [-0.05, 0) is 29.7 Å². The summed E-state index contributed by atoms with van der Waals surface area (Å²) in [6, 6.07) is 13.8. The third kappa shape index (κ3) is 3.73. The first-order valence-corrected chi connectivity index (χ1v) is 9.27. The molecule has 2 unspecified atom stereocenters. The highest BCUT2D eigenvalue weighted by atomic mass is 19.1. The van der Waals surface area contributed by atoms with Gasteiger partial charge in [-0.25, -0.2) is 9.18 Å². The Balaban J connectivity index is 1.53. The van der Waals surface area contributed by atoms with Crippen LogP contribution in [-0.2, 0) is 16.1 Å². The molecule has 0 aromatic heterocycles. The summed E-state index contributed by atoms with van der Waals surface area (Å²) in [5.74, 6) is 0.150. The van der Waals surface area contributed by atoms with Crippen molar-refractivity contribution in [2.75, 3.05) is 20.3 Å². The van der Waals surface area contributed by atoms with Crippen LogP contribution in [0.3, 0.4) is 0 Å². The summed E-state index contributed by atoms with van der Waals surface area (Å²) in [5, 5.41) is 0. The third-order valence-corrected chi connectivity index (χ3v) is 5.12. The monoisotopic (exact) mass is 383 g/mol. The lowest BCUT2D eigenvalue weighted by atomic mass is 9.89. The number of methoxy groups -OCH3 is 1. The zero-order valence-corrected chi connectivity index (χ0v) is 15.6. The largest absolute Gasteiger partial charge is 0.496 e. The Morgan fingerprint density at radius 3 is 2.79 bits per heavy atom. The van der Waals surface area contributed by atoms with Gasteiger partial charge in [0.15, 0.2) is 0 Å². The van der Waals surface area contributed by atoms with Gasteiger partial charge in [0.2, 0.25) is 0 Å². The molecule has 2 heterocycles. The van der Waals surface area contributed by atoms with Crippen LogP contribution in [0.4, 0.5) is 9.18 Å². The van der Waals surface area contributed by atoms with Crippen LogP contribution in [0, 0.1) is 5.82 Å². The molecule has 2 bridgehead atoms. The fourth-order valence-corrected chi connectivity index (χ4v) is 3.80. The van der Waals surface area contributed by atoms with E-state index in [0.29, 0.717) is 25.4 Å². The van der Waals surface area contributed by atoms with Crippen LogP contribution in [-0.4, -0.2) is 43.4 Å². The van der Waals surface area contributed by atoms with Crippen LogP contribution < -0.4 is 4.74 Å². The Hall–Kier alpha value is -2.86. The highest BCUT2D eigenvalue weighted by Crippen LogP contribution is 2.37. The second kappa shape index (κ2) is 8.02. The number of carbonyl (C=O) groups is 1. The molecule has 1 fully saturated rings. The van der Waals surface area contributed by atoms with Crippen molar-refractivity contribution in [3.05, 3.63) is 71.6 Å². The number of carbonyl (C=O) groups excluding carboxylic acids is 1. The maximum absolute atomic E-state index is 13.5. The van der Waals surface area contributed by atoms with E-state index >= 15 is 0 Å². The average Bonchev–Trinajstić information content (AvgIpc) is 2.71. The van der Waals surface area contributed by atoms with Crippen LogP contribution >= 0.6 is 0 Å². The first-order chi connectivity index (χ1) is 13.7. The number of hydrogen-bond donors (Lipinski definition) is 0. The number of ether oxygens (including phenoxy) is 3. The first kappa shape index (κ1) is 18.5. The number of hydrogen-bond acceptors (Lipinski definition) is 4. The quantitative estimate of drug-likeness (QED) is 0.800. The maximum Gasteiger partial charge on any atom is 0.411 e. The van der Waals surface area contributed by atoms with Gasteiger partial charge in [0.05, 0.1) is 32.4 Å². The minimum absolute atomic E-state index is 0.128. The Kier molecular flexibility index (Phi) is 5.30. The maximum atomic E-state index is 13.5. The van der Waals surface area contributed by atoms with Gasteiger partial charge in [0.25, 0.3) is 0 Å².